The van der Waals surface area contributed by atoms with Gasteiger partial charge in [0.15, 0.2) is 0 Å². The number of benzene rings is 1. The van der Waals surface area contributed by atoms with Crippen molar-refractivity contribution in [3.05, 3.63) is 29.3 Å². The highest BCUT2D eigenvalue weighted by molar-refractivity contribution is 5.53. The standard InChI is InChI=1S/C13H15F3N2O/c1-12(2,8-19)7-18-10-4-3-9(6-17)11(5-10)13(14,15)16/h3-5,18-19H,7-8H2,1-2H3. The number of anilines is 1. The molecule has 0 unspecified atom stereocenters. The van der Waals surface area contributed by atoms with E-state index in [1.807, 2.05) is 0 Å². The van der Waals surface area contributed by atoms with Gasteiger partial charge in [0.1, 0.15) is 0 Å². The van der Waals surface area contributed by atoms with Crippen molar-refractivity contribution in [1.29, 1.82) is 5.26 Å². The molecule has 6 heteroatoms. The zero-order valence-electron chi connectivity index (χ0n) is 10.7. The minimum Gasteiger partial charge on any atom is -0.396 e. The van der Waals surface area contributed by atoms with E-state index in [9.17, 15) is 13.2 Å². The SMILES string of the molecule is CC(C)(CO)CNc1ccc(C#N)c(C(F)(F)F)c1. The van der Waals surface area contributed by atoms with Crippen molar-refractivity contribution in [2.75, 3.05) is 18.5 Å². The summed E-state index contributed by atoms with van der Waals surface area (Å²) in [6, 6.07) is 4.99. The molecular weight excluding hydrogens is 257 g/mol. The Balaban J connectivity index is 2.98. The Morgan fingerprint density at radius 2 is 1.95 bits per heavy atom. The molecule has 104 valence electrons. The molecule has 19 heavy (non-hydrogen) atoms. The average molecular weight is 272 g/mol. The van der Waals surface area contributed by atoms with Gasteiger partial charge in [-0.2, -0.15) is 18.4 Å². The Labute approximate surface area is 109 Å². The van der Waals surface area contributed by atoms with Gasteiger partial charge in [0.05, 0.1) is 17.2 Å². The quantitative estimate of drug-likeness (QED) is 0.885. The van der Waals surface area contributed by atoms with Gasteiger partial charge in [-0.25, -0.2) is 0 Å². The van der Waals surface area contributed by atoms with Gasteiger partial charge in [0.2, 0.25) is 0 Å². The molecule has 0 atom stereocenters. The molecule has 0 aromatic heterocycles. The summed E-state index contributed by atoms with van der Waals surface area (Å²) < 4.78 is 38.2. The van der Waals surface area contributed by atoms with E-state index in [-0.39, 0.29) is 12.3 Å². The highest BCUT2D eigenvalue weighted by atomic mass is 19.4. The lowest BCUT2D eigenvalue weighted by molar-refractivity contribution is -0.137. The fourth-order valence-electron chi connectivity index (χ4n) is 1.38. The predicted octanol–water partition coefficient (Wildman–Crippen LogP) is 3.01. The second kappa shape index (κ2) is 5.49. The molecular formula is C13H15F3N2O. The number of nitrogens with zero attached hydrogens (tertiary/aromatic N) is 1. The van der Waals surface area contributed by atoms with Gasteiger partial charge in [0, 0.05) is 24.3 Å². The Bertz CT molecular complexity index is 490. The molecule has 2 N–H and O–H groups in total. The number of aliphatic hydroxyl groups is 1. The lowest BCUT2D eigenvalue weighted by atomic mass is 9.95. The fourth-order valence-corrected chi connectivity index (χ4v) is 1.38. The van der Waals surface area contributed by atoms with E-state index in [0.29, 0.717) is 6.54 Å². The number of nitriles is 1. The maximum Gasteiger partial charge on any atom is 0.417 e. The van der Waals surface area contributed by atoms with Crippen molar-refractivity contribution in [2.45, 2.75) is 20.0 Å². The minimum absolute atomic E-state index is 0.0809. The van der Waals surface area contributed by atoms with E-state index in [1.165, 1.54) is 12.1 Å². The van der Waals surface area contributed by atoms with Crippen molar-refractivity contribution in [3.8, 4) is 6.07 Å². The van der Waals surface area contributed by atoms with E-state index in [0.717, 1.165) is 12.1 Å². The van der Waals surface area contributed by atoms with Crippen molar-refractivity contribution >= 4 is 5.69 Å². The van der Waals surface area contributed by atoms with Gasteiger partial charge >= 0.3 is 6.18 Å². The summed E-state index contributed by atoms with van der Waals surface area (Å²) in [6.45, 7) is 3.82. The smallest absolute Gasteiger partial charge is 0.396 e. The molecule has 0 saturated carbocycles. The van der Waals surface area contributed by atoms with E-state index in [1.54, 1.807) is 13.8 Å². The summed E-state index contributed by atoms with van der Waals surface area (Å²) in [7, 11) is 0. The molecule has 1 rings (SSSR count). The molecule has 0 fully saturated rings. The molecule has 0 heterocycles. The number of alkyl halides is 3. The van der Waals surface area contributed by atoms with Crippen LogP contribution in [0.3, 0.4) is 0 Å². The Morgan fingerprint density at radius 3 is 2.42 bits per heavy atom. The van der Waals surface area contributed by atoms with E-state index < -0.39 is 22.7 Å². The third-order valence-corrected chi connectivity index (χ3v) is 2.64. The number of rotatable bonds is 4. The maximum atomic E-state index is 12.7. The molecule has 0 spiro atoms. The molecule has 0 bridgehead atoms. The molecule has 0 saturated heterocycles. The first-order valence-corrected chi connectivity index (χ1v) is 5.66. The third-order valence-electron chi connectivity index (χ3n) is 2.64. The molecule has 3 nitrogen and oxygen atoms in total. The first-order valence-electron chi connectivity index (χ1n) is 5.66. The Hall–Kier alpha value is -1.74. The van der Waals surface area contributed by atoms with E-state index in [4.69, 9.17) is 10.4 Å². The molecule has 0 amide bonds. The lowest BCUT2D eigenvalue weighted by Crippen LogP contribution is -2.26. The van der Waals surface area contributed by atoms with Crippen LogP contribution in [0, 0.1) is 16.7 Å². The first kappa shape index (κ1) is 15.3. The van der Waals surface area contributed by atoms with Crippen LogP contribution in [-0.4, -0.2) is 18.3 Å². The van der Waals surface area contributed by atoms with Gasteiger partial charge in [-0.3, -0.25) is 0 Å². The monoisotopic (exact) mass is 272 g/mol. The molecule has 0 aliphatic heterocycles. The van der Waals surface area contributed by atoms with Crippen LogP contribution in [0.25, 0.3) is 0 Å². The summed E-state index contributed by atoms with van der Waals surface area (Å²) in [5, 5.41) is 20.6. The van der Waals surface area contributed by atoms with Crippen molar-refractivity contribution < 1.29 is 18.3 Å². The summed E-state index contributed by atoms with van der Waals surface area (Å²) >= 11 is 0. The molecule has 0 radical (unpaired) electrons. The zero-order valence-corrected chi connectivity index (χ0v) is 10.7. The largest absolute Gasteiger partial charge is 0.417 e. The second-order valence-electron chi connectivity index (χ2n) is 5.05. The highest BCUT2D eigenvalue weighted by Gasteiger charge is 2.33. The summed E-state index contributed by atoms with van der Waals surface area (Å²) in [6.07, 6.45) is -4.56. The number of hydrogen-bond donors (Lipinski definition) is 2. The van der Waals surface area contributed by atoms with Crippen LogP contribution in [0.5, 0.6) is 0 Å². The highest BCUT2D eigenvalue weighted by Crippen LogP contribution is 2.33. The van der Waals surface area contributed by atoms with Crippen LogP contribution < -0.4 is 5.32 Å². The van der Waals surface area contributed by atoms with Crippen molar-refractivity contribution in [3.63, 3.8) is 0 Å². The van der Waals surface area contributed by atoms with Crippen LogP contribution in [0.4, 0.5) is 18.9 Å². The summed E-state index contributed by atoms with van der Waals surface area (Å²) in [5.74, 6) is 0. The van der Waals surface area contributed by atoms with Gasteiger partial charge in [-0.05, 0) is 18.2 Å². The normalized spacial score (nSPS) is 12.1. The van der Waals surface area contributed by atoms with Crippen LogP contribution in [0.2, 0.25) is 0 Å². The number of nitrogens with one attached hydrogen (secondary N) is 1. The molecule has 1 aromatic rings. The summed E-state index contributed by atoms with van der Waals surface area (Å²) in [4.78, 5) is 0. The van der Waals surface area contributed by atoms with Crippen molar-refractivity contribution in [2.24, 2.45) is 5.41 Å². The Morgan fingerprint density at radius 1 is 1.32 bits per heavy atom. The first-order chi connectivity index (χ1) is 8.69. The van der Waals surface area contributed by atoms with Crippen LogP contribution >= 0.6 is 0 Å². The molecule has 0 aliphatic rings. The maximum absolute atomic E-state index is 12.7. The van der Waals surface area contributed by atoms with E-state index >= 15 is 0 Å². The average Bonchev–Trinajstić information content (AvgIpc) is 2.35. The van der Waals surface area contributed by atoms with Gasteiger partial charge < -0.3 is 10.4 Å². The number of aliphatic hydroxyl groups excluding tert-OH is 1. The van der Waals surface area contributed by atoms with Crippen LogP contribution in [-0.2, 0) is 6.18 Å². The number of hydrogen-bond acceptors (Lipinski definition) is 3. The van der Waals surface area contributed by atoms with Crippen molar-refractivity contribution in [1.82, 2.24) is 0 Å². The predicted molar refractivity (Wildman–Crippen MR) is 65.5 cm³/mol. The zero-order chi connectivity index (χ0) is 14.7. The van der Waals surface area contributed by atoms with Crippen LogP contribution in [0.15, 0.2) is 18.2 Å². The minimum atomic E-state index is -4.56. The molecule has 0 aliphatic carbocycles. The second-order valence-corrected chi connectivity index (χ2v) is 5.05. The van der Waals surface area contributed by atoms with Gasteiger partial charge in [-0.1, -0.05) is 13.8 Å². The van der Waals surface area contributed by atoms with Crippen LogP contribution in [0.1, 0.15) is 25.0 Å². The number of halogens is 3. The van der Waals surface area contributed by atoms with Gasteiger partial charge in [-0.15, -0.1) is 0 Å². The molecule has 1 aromatic carbocycles. The fraction of sp³-hybridized carbons (Fsp3) is 0.462. The van der Waals surface area contributed by atoms with E-state index in [2.05, 4.69) is 5.32 Å². The third kappa shape index (κ3) is 4.14. The van der Waals surface area contributed by atoms with Gasteiger partial charge in [0.25, 0.3) is 0 Å². The Kier molecular flexibility index (Phi) is 4.43. The lowest BCUT2D eigenvalue weighted by Gasteiger charge is -2.23. The summed E-state index contributed by atoms with van der Waals surface area (Å²) in [5.41, 5.74) is -1.53. The topological polar surface area (TPSA) is 56.0 Å².